The van der Waals surface area contributed by atoms with Crippen LogP contribution in [0, 0.1) is 0 Å². The lowest BCUT2D eigenvalue weighted by Gasteiger charge is -2.42. The number of fused-ring (bicyclic) bond motifs is 2. The Morgan fingerprint density at radius 3 is 2.50 bits per heavy atom. The van der Waals surface area contributed by atoms with Gasteiger partial charge in [-0.3, -0.25) is 10.1 Å². The van der Waals surface area contributed by atoms with Gasteiger partial charge in [-0.05, 0) is 32.9 Å². The van der Waals surface area contributed by atoms with E-state index < -0.39 is 35.9 Å². The second-order valence-corrected chi connectivity index (χ2v) is 7.35. The Morgan fingerprint density at radius 1 is 1.33 bits per heavy atom. The Bertz CT molecular complexity index is 720. The number of hydrogen-bond donors (Lipinski definition) is 1. The molecular weight excluding hydrogens is 320 g/mol. The molecule has 0 radical (unpaired) electrons. The normalized spacial score (nSPS) is 20.6. The molecule has 6 nitrogen and oxygen atoms in total. The summed E-state index contributed by atoms with van der Waals surface area (Å²) in [4.78, 5) is 29.8. The lowest BCUT2D eigenvalue weighted by Crippen LogP contribution is -2.55. The number of nitrogens with one attached hydrogen (secondary N) is 1. The second-order valence-electron chi connectivity index (χ2n) is 7.35. The minimum Gasteiger partial charge on any atom is -0.444 e. The van der Waals surface area contributed by atoms with Crippen LogP contribution in [0.3, 0.4) is 0 Å². The van der Waals surface area contributed by atoms with Crippen molar-refractivity contribution in [1.29, 1.82) is 0 Å². The van der Waals surface area contributed by atoms with Crippen LogP contribution in [0.1, 0.15) is 39.3 Å². The second kappa shape index (κ2) is 4.87. The van der Waals surface area contributed by atoms with Crippen molar-refractivity contribution in [3.05, 3.63) is 17.8 Å². The molecule has 0 bridgehead atoms. The lowest BCUT2D eigenvalue weighted by atomic mass is 9.64. The molecule has 130 valence electrons. The van der Waals surface area contributed by atoms with E-state index in [4.69, 9.17) is 4.74 Å². The first kappa shape index (κ1) is 16.6. The summed E-state index contributed by atoms with van der Waals surface area (Å²) >= 11 is 0. The summed E-state index contributed by atoms with van der Waals surface area (Å²) in [5, 5.41) is 2.47. The van der Waals surface area contributed by atoms with Crippen molar-refractivity contribution in [3.63, 3.8) is 0 Å². The molecule has 1 N–H and O–H groups in total. The highest BCUT2D eigenvalue weighted by Crippen LogP contribution is 2.58. The third kappa shape index (κ3) is 2.59. The SMILES string of the molecule is CN1C(=O)C2(CC(F)(F)C2)c2nc(NC(=O)OC(C)(C)C)ccc21. The Kier molecular flexibility index (Phi) is 3.37. The monoisotopic (exact) mass is 339 g/mol. The van der Waals surface area contributed by atoms with Crippen molar-refractivity contribution in [2.45, 2.75) is 50.6 Å². The molecule has 2 heterocycles. The van der Waals surface area contributed by atoms with E-state index in [1.54, 1.807) is 26.8 Å². The van der Waals surface area contributed by atoms with Gasteiger partial charge in [-0.25, -0.2) is 18.6 Å². The number of anilines is 2. The number of aromatic nitrogens is 1. The average Bonchev–Trinajstić information content (AvgIpc) is 2.58. The molecule has 3 rings (SSSR count). The maximum atomic E-state index is 13.4. The standard InChI is InChI=1S/C16H19F2N3O3/c1-14(2,3)24-13(23)20-10-6-5-9-11(19-10)15(12(22)21(9)4)7-16(17,18)8-15/h5-6H,7-8H2,1-4H3,(H,19,20,23). The molecule has 1 aromatic heterocycles. The molecule has 1 aromatic rings. The van der Waals surface area contributed by atoms with Crippen LogP contribution in [0.25, 0.3) is 0 Å². The molecule has 24 heavy (non-hydrogen) atoms. The van der Waals surface area contributed by atoms with Gasteiger partial charge in [-0.15, -0.1) is 0 Å². The quantitative estimate of drug-likeness (QED) is 0.853. The van der Waals surface area contributed by atoms with Gasteiger partial charge in [0.1, 0.15) is 16.8 Å². The van der Waals surface area contributed by atoms with Crippen molar-refractivity contribution >= 4 is 23.5 Å². The lowest BCUT2D eigenvalue weighted by molar-refractivity contribution is -0.154. The van der Waals surface area contributed by atoms with E-state index in [0.717, 1.165) is 0 Å². The van der Waals surface area contributed by atoms with E-state index in [1.807, 2.05) is 0 Å². The number of pyridine rings is 1. The van der Waals surface area contributed by atoms with Gasteiger partial charge in [0.15, 0.2) is 0 Å². The van der Waals surface area contributed by atoms with E-state index >= 15 is 0 Å². The van der Waals surface area contributed by atoms with Gasteiger partial charge in [-0.1, -0.05) is 0 Å². The number of halogens is 2. The summed E-state index contributed by atoms with van der Waals surface area (Å²) in [6.45, 7) is 5.17. The third-order valence-corrected chi connectivity index (χ3v) is 4.15. The summed E-state index contributed by atoms with van der Waals surface area (Å²) in [5.41, 5.74) is -1.19. The van der Waals surface area contributed by atoms with Gasteiger partial charge in [-0.2, -0.15) is 0 Å². The summed E-state index contributed by atoms with van der Waals surface area (Å²) in [6.07, 6.45) is -1.81. The molecular formula is C16H19F2N3O3. The number of nitrogens with zero attached hydrogens (tertiary/aromatic N) is 2. The summed E-state index contributed by atoms with van der Waals surface area (Å²) in [7, 11) is 1.54. The molecule has 0 atom stereocenters. The molecule has 1 aliphatic heterocycles. The van der Waals surface area contributed by atoms with Gasteiger partial charge in [0, 0.05) is 19.9 Å². The van der Waals surface area contributed by atoms with Crippen LogP contribution in [-0.2, 0) is 14.9 Å². The Morgan fingerprint density at radius 2 is 1.96 bits per heavy atom. The zero-order chi connectivity index (χ0) is 17.9. The molecule has 1 spiro atoms. The number of carbonyl (C=O) groups is 2. The van der Waals surface area contributed by atoms with Gasteiger partial charge < -0.3 is 9.64 Å². The van der Waals surface area contributed by atoms with Gasteiger partial charge in [0.2, 0.25) is 5.91 Å². The summed E-state index contributed by atoms with van der Waals surface area (Å²) < 4.78 is 32.0. The predicted molar refractivity (Wildman–Crippen MR) is 83.4 cm³/mol. The Hall–Kier alpha value is -2.25. The van der Waals surface area contributed by atoms with E-state index in [9.17, 15) is 18.4 Å². The number of alkyl halides is 2. The molecule has 2 aliphatic rings. The number of rotatable bonds is 1. The van der Waals surface area contributed by atoms with E-state index in [0.29, 0.717) is 5.69 Å². The zero-order valence-electron chi connectivity index (χ0n) is 13.9. The highest BCUT2D eigenvalue weighted by Gasteiger charge is 2.66. The largest absolute Gasteiger partial charge is 0.444 e. The van der Waals surface area contributed by atoms with Crippen LogP contribution in [0.4, 0.5) is 25.1 Å². The van der Waals surface area contributed by atoms with E-state index in [1.165, 1.54) is 18.0 Å². The first-order valence-electron chi connectivity index (χ1n) is 7.61. The fraction of sp³-hybridized carbons (Fsp3) is 0.562. The number of carbonyl (C=O) groups excluding carboxylic acids is 2. The number of likely N-dealkylation sites (N-methyl/N-ethyl adjacent to an activating group) is 1. The van der Waals surface area contributed by atoms with Crippen LogP contribution in [0.15, 0.2) is 12.1 Å². The van der Waals surface area contributed by atoms with Crippen molar-refractivity contribution in [2.75, 3.05) is 17.3 Å². The van der Waals surface area contributed by atoms with Crippen LogP contribution in [0.5, 0.6) is 0 Å². The topological polar surface area (TPSA) is 71.5 Å². The molecule has 1 saturated carbocycles. The van der Waals surface area contributed by atoms with E-state index in [2.05, 4.69) is 10.3 Å². The maximum absolute atomic E-state index is 13.4. The highest BCUT2D eigenvalue weighted by atomic mass is 19.3. The fourth-order valence-corrected chi connectivity index (χ4v) is 3.23. The zero-order valence-corrected chi connectivity index (χ0v) is 13.9. The van der Waals surface area contributed by atoms with Crippen molar-refractivity contribution in [3.8, 4) is 0 Å². The maximum Gasteiger partial charge on any atom is 0.413 e. The third-order valence-electron chi connectivity index (χ3n) is 4.15. The molecule has 2 amide bonds. The molecule has 0 aromatic carbocycles. The Balaban J connectivity index is 1.88. The molecule has 1 aliphatic carbocycles. The van der Waals surface area contributed by atoms with Crippen molar-refractivity contribution in [1.82, 2.24) is 4.98 Å². The highest BCUT2D eigenvalue weighted by molar-refractivity contribution is 6.08. The average molecular weight is 339 g/mol. The molecule has 0 unspecified atom stereocenters. The molecule has 1 fully saturated rings. The van der Waals surface area contributed by atoms with Crippen LogP contribution >= 0.6 is 0 Å². The summed E-state index contributed by atoms with van der Waals surface area (Å²) in [6, 6.07) is 3.11. The van der Waals surface area contributed by atoms with Crippen LogP contribution in [0.2, 0.25) is 0 Å². The predicted octanol–water partition coefficient (Wildman–Crippen LogP) is 3.07. The number of ether oxygens (including phenoxy) is 1. The minimum atomic E-state index is -2.87. The van der Waals surface area contributed by atoms with Gasteiger partial charge >= 0.3 is 6.09 Å². The van der Waals surface area contributed by atoms with Gasteiger partial charge in [0.25, 0.3) is 5.92 Å². The van der Waals surface area contributed by atoms with Crippen LogP contribution in [-0.4, -0.2) is 35.6 Å². The minimum absolute atomic E-state index is 0.167. The number of hydrogen-bond acceptors (Lipinski definition) is 4. The number of amides is 2. The fourth-order valence-electron chi connectivity index (χ4n) is 3.23. The van der Waals surface area contributed by atoms with Crippen molar-refractivity contribution < 1.29 is 23.1 Å². The first-order chi connectivity index (χ1) is 10.9. The first-order valence-corrected chi connectivity index (χ1v) is 7.61. The van der Waals surface area contributed by atoms with Crippen molar-refractivity contribution in [2.24, 2.45) is 0 Å². The Labute approximate surface area is 138 Å². The van der Waals surface area contributed by atoms with Crippen LogP contribution < -0.4 is 10.2 Å². The van der Waals surface area contributed by atoms with E-state index in [-0.39, 0.29) is 17.4 Å². The molecule has 0 saturated heterocycles. The molecule has 8 heteroatoms. The van der Waals surface area contributed by atoms with Gasteiger partial charge in [0.05, 0.1) is 11.4 Å². The smallest absolute Gasteiger partial charge is 0.413 e. The summed E-state index contributed by atoms with van der Waals surface area (Å²) in [5.74, 6) is -3.08.